The highest BCUT2D eigenvalue weighted by Gasteiger charge is 2.12. The van der Waals surface area contributed by atoms with Crippen LogP contribution in [0.5, 0.6) is 0 Å². The lowest BCUT2D eigenvalue weighted by Crippen LogP contribution is -2.19. The molecule has 1 N–H and O–H groups in total. The van der Waals surface area contributed by atoms with E-state index in [1.807, 2.05) is 12.1 Å². The fraction of sp³-hybridized carbons (Fsp3) is 0.364. The van der Waals surface area contributed by atoms with Gasteiger partial charge in [0.1, 0.15) is 5.69 Å². The molecular formula is C11H13BrN2O2S. The van der Waals surface area contributed by atoms with E-state index in [1.54, 1.807) is 18.4 Å². The first kappa shape index (κ1) is 12.8. The van der Waals surface area contributed by atoms with Crippen molar-refractivity contribution in [3.63, 3.8) is 0 Å². The average molecular weight is 317 g/mol. The Hall–Kier alpha value is -0.690. The summed E-state index contributed by atoms with van der Waals surface area (Å²) in [5.74, 6) is 0.839. The second-order valence-corrected chi connectivity index (χ2v) is 5.86. The zero-order chi connectivity index (χ0) is 12.1. The van der Waals surface area contributed by atoms with Gasteiger partial charge in [-0.15, -0.1) is 11.3 Å². The van der Waals surface area contributed by atoms with Gasteiger partial charge in [0.25, 0.3) is 0 Å². The predicted molar refractivity (Wildman–Crippen MR) is 71.1 cm³/mol. The number of thiophene rings is 1. The van der Waals surface area contributed by atoms with E-state index in [9.17, 15) is 0 Å². The third-order valence-corrected chi connectivity index (χ3v) is 3.84. The summed E-state index contributed by atoms with van der Waals surface area (Å²) < 4.78 is 11.5. The van der Waals surface area contributed by atoms with Gasteiger partial charge in [0.15, 0.2) is 12.2 Å². The van der Waals surface area contributed by atoms with E-state index >= 15 is 0 Å². The van der Waals surface area contributed by atoms with Crippen molar-refractivity contribution < 1.29 is 9.15 Å². The lowest BCUT2D eigenvalue weighted by molar-refractivity contribution is 0.199. The molecule has 0 unspecified atom stereocenters. The topological polar surface area (TPSA) is 47.3 Å². The largest absolute Gasteiger partial charge is 0.442 e. The maximum Gasteiger partial charge on any atom is 0.181 e. The smallest absolute Gasteiger partial charge is 0.181 e. The van der Waals surface area contributed by atoms with Crippen molar-refractivity contribution in [2.75, 3.05) is 20.3 Å². The van der Waals surface area contributed by atoms with Crippen molar-refractivity contribution in [3.05, 3.63) is 28.0 Å². The number of aromatic nitrogens is 1. The standard InChI is InChI=1S/C11H13BrN2O2S/c1-15-5-4-13-6-8-11(16-7-14-8)9-2-3-10(12)17-9/h2-3,7,13H,4-6H2,1H3. The number of hydrogen-bond acceptors (Lipinski definition) is 5. The van der Waals surface area contributed by atoms with E-state index in [-0.39, 0.29) is 0 Å². The number of halogens is 1. The lowest BCUT2D eigenvalue weighted by atomic mass is 10.3. The predicted octanol–water partition coefficient (Wildman–Crippen LogP) is 2.90. The van der Waals surface area contributed by atoms with Crippen LogP contribution in [0.15, 0.2) is 26.7 Å². The zero-order valence-corrected chi connectivity index (χ0v) is 11.8. The Morgan fingerprint density at radius 1 is 1.53 bits per heavy atom. The minimum Gasteiger partial charge on any atom is -0.442 e. The fourth-order valence-corrected chi connectivity index (χ4v) is 2.81. The van der Waals surface area contributed by atoms with Gasteiger partial charge in [-0.1, -0.05) is 0 Å². The molecule has 2 rings (SSSR count). The Balaban J connectivity index is 2.02. The Labute approximate surface area is 112 Å². The summed E-state index contributed by atoms with van der Waals surface area (Å²) in [7, 11) is 1.69. The van der Waals surface area contributed by atoms with Crippen LogP contribution in [0.2, 0.25) is 0 Å². The van der Waals surface area contributed by atoms with Crippen molar-refractivity contribution in [2.24, 2.45) is 0 Å². The van der Waals surface area contributed by atoms with Crippen LogP contribution >= 0.6 is 27.3 Å². The molecule has 2 aromatic rings. The molecule has 0 spiro atoms. The normalized spacial score (nSPS) is 10.9. The van der Waals surface area contributed by atoms with Crippen molar-refractivity contribution in [1.82, 2.24) is 10.3 Å². The van der Waals surface area contributed by atoms with Crippen molar-refractivity contribution in [3.8, 4) is 10.6 Å². The van der Waals surface area contributed by atoms with Gasteiger partial charge in [-0.05, 0) is 28.1 Å². The molecule has 0 aliphatic carbocycles. The minimum atomic E-state index is 0.685. The summed E-state index contributed by atoms with van der Waals surface area (Å²) >= 11 is 5.07. The van der Waals surface area contributed by atoms with Crippen molar-refractivity contribution in [2.45, 2.75) is 6.54 Å². The molecule has 0 aliphatic heterocycles. The van der Waals surface area contributed by atoms with Gasteiger partial charge in [-0.25, -0.2) is 4.98 Å². The fourth-order valence-electron chi connectivity index (χ4n) is 1.41. The van der Waals surface area contributed by atoms with Gasteiger partial charge in [-0.3, -0.25) is 0 Å². The highest BCUT2D eigenvalue weighted by molar-refractivity contribution is 9.11. The van der Waals surface area contributed by atoms with Crippen LogP contribution in [-0.2, 0) is 11.3 Å². The summed E-state index contributed by atoms with van der Waals surface area (Å²) in [4.78, 5) is 5.30. The molecule has 2 aromatic heterocycles. The highest BCUT2D eigenvalue weighted by atomic mass is 79.9. The van der Waals surface area contributed by atoms with Crippen LogP contribution < -0.4 is 5.32 Å². The Morgan fingerprint density at radius 3 is 3.12 bits per heavy atom. The number of oxazole rings is 1. The SMILES string of the molecule is COCCNCc1ncoc1-c1ccc(Br)s1. The Kier molecular flexibility index (Phi) is 4.73. The maximum absolute atomic E-state index is 5.43. The summed E-state index contributed by atoms with van der Waals surface area (Å²) in [5, 5.41) is 3.25. The second-order valence-electron chi connectivity index (χ2n) is 3.40. The third-order valence-electron chi connectivity index (χ3n) is 2.21. The molecule has 17 heavy (non-hydrogen) atoms. The molecule has 6 heteroatoms. The first-order valence-electron chi connectivity index (χ1n) is 5.19. The third kappa shape index (κ3) is 3.38. The van der Waals surface area contributed by atoms with Gasteiger partial charge in [0.05, 0.1) is 15.3 Å². The van der Waals surface area contributed by atoms with Gasteiger partial charge >= 0.3 is 0 Å². The molecule has 4 nitrogen and oxygen atoms in total. The minimum absolute atomic E-state index is 0.685. The average Bonchev–Trinajstić information content (AvgIpc) is 2.93. The summed E-state index contributed by atoms with van der Waals surface area (Å²) in [6, 6.07) is 4.03. The van der Waals surface area contributed by atoms with Gasteiger partial charge in [-0.2, -0.15) is 0 Å². The van der Waals surface area contributed by atoms with Crippen LogP contribution in [0.4, 0.5) is 0 Å². The summed E-state index contributed by atoms with van der Waals surface area (Å²) in [6.07, 6.45) is 1.48. The zero-order valence-electron chi connectivity index (χ0n) is 9.40. The number of methoxy groups -OCH3 is 1. The first-order chi connectivity index (χ1) is 8.31. The molecule has 0 aromatic carbocycles. The number of hydrogen-bond donors (Lipinski definition) is 1. The van der Waals surface area contributed by atoms with Crippen molar-refractivity contribution in [1.29, 1.82) is 0 Å². The van der Waals surface area contributed by atoms with Gasteiger partial charge in [0, 0.05) is 20.2 Å². The molecule has 0 radical (unpaired) electrons. The van der Waals surface area contributed by atoms with Crippen LogP contribution in [-0.4, -0.2) is 25.2 Å². The highest BCUT2D eigenvalue weighted by Crippen LogP contribution is 2.32. The molecule has 0 saturated heterocycles. The quantitative estimate of drug-likeness (QED) is 0.832. The molecule has 2 heterocycles. The van der Waals surface area contributed by atoms with E-state index in [2.05, 4.69) is 26.2 Å². The second kappa shape index (κ2) is 6.30. The molecular weight excluding hydrogens is 304 g/mol. The molecule has 0 bridgehead atoms. The van der Waals surface area contributed by atoms with Gasteiger partial charge in [0.2, 0.25) is 0 Å². The Bertz CT molecular complexity index is 469. The van der Waals surface area contributed by atoms with E-state index in [0.29, 0.717) is 13.2 Å². The first-order valence-corrected chi connectivity index (χ1v) is 6.80. The van der Waals surface area contributed by atoms with Crippen LogP contribution in [0.25, 0.3) is 10.6 Å². The van der Waals surface area contributed by atoms with E-state index < -0.39 is 0 Å². The number of ether oxygens (including phenoxy) is 1. The van der Waals surface area contributed by atoms with Crippen molar-refractivity contribution >= 4 is 27.3 Å². The van der Waals surface area contributed by atoms with Crippen LogP contribution in [0.3, 0.4) is 0 Å². The molecule has 92 valence electrons. The van der Waals surface area contributed by atoms with E-state index in [0.717, 1.165) is 26.7 Å². The van der Waals surface area contributed by atoms with Crippen LogP contribution in [0, 0.1) is 0 Å². The lowest BCUT2D eigenvalue weighted by Gasteiger charge is -2.02. The number of nitrogens with one attached hydrogen (secondary N) is 1. The number of nitrogens with zero attached hydrogens (tertiary/aromatic N) is 1. The van der Waals surface area contributed by atoms with Gasteiger partial charge < -0.3 is 14.5 Å². The molecule has 0 atom stereocenters. The monoisotopic (exact) mass is 316 g/mol. The molecule has 0 amide bonds. The summed E-state index contributed by atoms with van der Waals surface area (Å²) in [5.41, 5.74) is 0.926. The summed E-state index contributed by atoms with van der Waals surface area (Å²) in [6.45, 7) is 2.18. The Morgan fingerprint density at radius 2 is 2.41 bits per heavy atom. The molecule has 0 fully saturated rings. The van der Waals surface area contributed by atoms with E-state index in [1.165, 1.54) is 6.39 Å². The molecule has 0 saturated carbocycles. The maximum atomic E-state index is 5.43. The van der Waals surface area contributed by atoms with Crippen LogP contribution in [0.1, 0.15) is 5.69 Å². The molecule has 0 aliphatic rings. The van der Waals surface area contributed by atoms with E-state index in [4.69, 9.17) is 9.15 Å². The number of rotatable bonds is 6.